The fourth-order valence-electron chi connectivity index (χ4n) is 2.24. The van der Waals surface area contributed by atoms with Gasteiger partial charge in [-0.05, 0) is 42.8 Å². The maximum atomic E-state index is 12.2. The van der Waals surface area contributed by atoms with Crippen molar-refractivity contribution in [3.05, 3.63) is 59.2 Å². The monoisotopic (exact) mass is 365 g/mol. The van der Waals surface area contributed by atoms with Crippen molar-refractivity contribution in [1.29, 1.82) is 0 Å². The van der Waals surface area contributed by atoms with Crippen LogP contribution in [0.4, 0.5) is 13.2 Å². The highest BCUT2D eigenvalue weighted by molar-refractivity contribution is 5.95. The molecule has 26 heavy (non-hydrogen) atoms. The van der Waals surface area contributed by atoms with Gasteiger partial charge in [-0.25, -0.2) is 0 Å². The van der Waals surface area contributed by atoms with Crippen LogP contribution < -0.4 is 14.8 Å². The fraction of sp³-hybridized carbons (Fsp3) is 0.211. The van der Waals surface area contributed by atoms with Crippen LogP contribution in [0.2, 0.25) is 0 Å². The van der Waals surface area contributed by atoms with Crippen LogP contribution >= 0.6 is 0 Å². The van der Waals surface area contributed by atoms with Gasteiger partial charge in [-0.15, -0.1) is 13.2 Å². The van der Waals surface area contributed by atoms with Crippen molar-refractivity contribution in [3.63, 3.8) is 0 Å². The van der Waals surface area contributed by atoms with Crippen LogP contribution in [0.15, 0.2) is 42.5 Å². The Bertz CT molecular complexity index is 784. The summed E-state index contributed by atoms with van der Waals surface area (Å²) in [6.07, 6.45) is -1.29. The number of alkyl halides is 3. The molecule has 0 bridgehead atoms. The number of halogens is 3. The second-order valence-electron chi connectivity index (χ2n) is 5.27. The lowest BCUT2D eigenvalue weighted by Crippen LogP contribution is -2.22. The maximum absolute atomic E-state index is 12.2. The lowest BCUT2D eigenvalue weighted by atomic mass is 10.1. The van der Waals surface area contributed by atoms with Gasteiger partial charge < -0.3 is 14.8 Å². The summed E-state index contributed by atoms with van der Waals surface area (Å²) in [7, 11) is 1.52. The number of benzene rings is 2. The molecule has 0 aliphatic heterocycles. The first kappa shape index (κ1) is 19.4. The van der Waals surface area contributed by atoms with E-state index in [0.29, 0.717) is 29.0 Å². The van der Waals surface area contributed by atoms with Crippen molar-refractivity contribution >= 4 is 18.1 Å². The summed E-state index contributed by atoms with van der Waals surface area (Å²) in [6.45, 7) is 2.34. The van der Waals surface area contributed by atoms with E-state index in [-0.39, 0.29) is 11.7 Å². The standard InChI is InChI=1S/C19H18F3NO3/c1-3-23-18(24)15-8-11-17(25-2)14(12-15)7-4-13-5-9-16(10-6-13)26-19(20,21)22/h4-12H,3H2,1-2H3,(H,23,24). The highest BCUT2D eigenvalue weighted by Gasteiger charge is 2.30. The van der Waals surface area contributed by atoms with Crippen LogP contribution in [0.3, 0.4) is 0 Å². The third-order valence-corrected chi connectivity index (χ3v) is 3.40. The largest absolute Gasteiger partial charge is 0.573 e. The molecular formula is C19H18F3NO3. The highest BCUT2D eigenvalue weighted by Crippen LogP contribution is 2.25. The van der Waals surface area contributed by atoms with Crippen molar-refractivity contribution in [2.45, 2.75) is 13.3 Å². The second-order valence-corrected chi connectivity index (χ2v) is 5.27. The Hall–Kier alpha value is -2.96. The van der Waals surface area contributed by atoms with Gasteiger partial charge in [0, 0.05) is 17.7 Å². The van der Waals surface area contributed by atoms with Crippen LogP contribution in [-0.4, -0.2) is 25.9 Å². The van der Waals surface area contributed by atoms with Gasteiger partial charge in [-0.3, -0.25) is 4.79 Å². The van der Waals surface area contributed by atoms with Crippen molar-refractivity contribution < 1.29 is 27.4 Å². The Labute approximate surface area is 149 Å². The zero-order valence-electron chi connectivity index (χ0n) is 14.3. The third kappa shape index (κ3) is 5.54. The number of hydrogen-bond acceptors (Lipinski definition) is 3. The van der Waals surface area contributed by atoms with Gasteiger partial charge in [0.15, 0.2) is 0 Å². The van der Waals surface area contributed by atoms with Gasteiger partial charge >= 0.3 is 6.36 Å². The molecule has 7 heteroatoms. The first-order valence-corrected chi connectivity index (χ1v) is 7.82. The van der Waals surface area contributed by atoms with E-state index in [1.54, 1.807) is 30.4 Å². The molecule has 2 aromatic rings. The average molecular weight is 365 g/mol. The number of methoxy groups -OCH3 is 1. The SMILES string of the molecule is CCNC(=O)c1ccc(OC)c(C=Cc2ccc(OC(F)(F)F)cc2)c1. The van der Waals surface area contributed by atoms with Crippen LogP contribution in [0.25, 0.3) is 12.2 Å². The average Bonchev–Trinajstić information content (AvgIpc) is 2.59. The summed E-state index contributed by atoms with van der Waals surface area (Å²) >= 11 is 0. The number of ether oxygens (including phenoxy) is 2. The van der Waals surface area contributed by atoms with E-state index >= 15 is 0 Å². The zero-order chi connectivity index (χ0) is 19.2. The number of rotatable bonds is 6. The minimum absolute atomic E-state index is 0.196. The number of hydrogen-bond donors (Lipinski definition) is 1. The number of carbonyl (C=O) groups is 1. The molecule has 0 spiro atoms. The van der Waals surface area contributed by atoms with E-state index in [9.17, 15) is 18.0 Å². The minimum atomic E-state index is -4.72. The Morgan fingerprint density at radius 2 is 1.81 bits per heavy atom. The fourth-order valence-corrected chi connectivity index (χ4v) is 2.24. The molecule has 4 nitrogen and oxygen atoms in total. The van der Waals surface area contributed by atoms with Gasteiger partial charge in [-0.1, -0.05) is 24.3 Å². The van der Waals surface area contributed by atoms with Crippen molar-refractivity contribution in [1.82, 2.24) is 5.32 Å². The van der Waals surface area contributed by atoms with Crippen LogP contribution in [0.1, 0.15) is 28.4 Å². The molecule has 0 aliphatic rings. The van der Waals surface area contributed by atoms with Gasteiger partial charge in [0.05, 0.1) is 7.11 Å². The van der Waals surface area contributed by atoms with E-state index in [2.05, 4.69) is 10.1 Å². The zero-order valence-corrected chi connectivity index (χ0v) is 14.3. The van der Waals surface area contributed by atoms with Gasteiger partial charge in [0.25, 0.3) is 5.91 Å². The molecule has 0 heterocycles. The lowest BCUT2D eigenvalue weighted by molar-refractivity contribution is -0.274. The molecule has 0 unspecified atom stereocenters. The lowest BCUT2D eigenvalue weighted by Gasteiger charge is -2.09. The van der Waals surface area contributed by atoms with E-state index in [1.807, 2.05) is 6.92 Å². The molecule has 0 saturated heterocycles. The van der Waals surface area contributed by atoms with Crippen molar-refractivity contribution in [2.24, 2.45) is 0 Å². The third-order valence-electron chi connectivity index (χ3n) is 3.40. The van der Waals surface area contributed by atoms with E-state index in [1.165, 1.54) is 31.4 Å². The number of nitrogens with one attached hydrogen (secondary N) is 1. The first-order valence-electron chi connectivity index (χ1n) is 7.82. The highest BCUT2D eigenvalue weighted by atomic mass is 19.4. The number of amides is 1. The summed E-state index contributed by atoms with van der Waals surface area (Å²) in [4.78, 5) is 11.9. The normalized spacial score (nSPS) is 11.4. The molecule has 1 N–H and O–H groups in total. The Morgan fingerprint density at radius 1 is 1.12 bits per heavy atom. The van der Waals surface area contributed by atoms with Crippen LogP contribution in [-0.2, 0) is 0 Å². The van der Waals surface area contributed by atoms with Crippen molar-refractivity contribution in [2.75, 3.05) is 13.7 Å². The Kier molecular flexibility index (Phi) is 6.27. The predicted molar refractivity (Wildman–Crippen MR) is 93.1 cm³/mol. The molecular weight excluding hydrogens is 347 g/mol. The topological polar surface area (TPSA) is 47.6 Å². The van der Waals surface area contributed by atoms with Gasteiger partial charge in [-0.2, -0.15) is 0 Å². The molecule has 0 saturated carbocycles. The molecule has 2 rings (SSSR count). The second kappa shape index (κ2) is 8.42. The summed E-state index contributed by atoms with van der Waals surface area (Å²) < 4.78 is 45.6. The first-order chi connectivity index (χ1) is 12.3. The molecule has 138 valence electrons. The maximum Gasteiger partial charge on any atom is 0.573 e. The molecule has 0 radical (unpaired) electrons. The smallest absolute Gasteiger partial charge is 0.496 e. The molecule has 1 amide bonds. The number of carbonyl (C=O) groups excluding carboxylic acids is 1. The Balaban J connectivity index is 2.20. The van der Waals surface area contributed by atoms with E-state index < -0.39 is 6.36 Å². The molecule has 0 fully saturated rings. The van der Waals surface area contributed by atoms with E-state index in [4.69, 9.17) is 4.74 Å². The molecule has 0 aromatic heterocycles. The summed E-state index contributed by atoms with van der Waals surface area (Å²) in [5, 5.41) is 2.72. The molecule has 2 aromatic carbocycles. The molecule has 0 aliphatic carbocycles. The van der Waals surface area contributed by atoms with Crippen molar-refractivity contribution in [3.8, 4) is 11.5 Å². The van der Waals surface area contributed by atoms with Gasteiger partial charge in [0.2, 0.25) is 0 Å². The van der Waals surface area contributed by atoms with E-state index in [0.717, 1.165) is 0 Å². The summed E-state index contributed by atoms with van der Waals surface area (Å²) in [5.41, 5.74) is 1.83. The van der Waals surface area contributed by atoms with Crippen LogP contribution in [0.5, 0.6) is 11.5 Å². The summed E-state index contributed by atoms with van der Waals surface area (Å²) in [6, 6.07) is 10.5. The van der Waals surface area contributed by atoms with Crippen LogP contribution in [0, 0.1) is 0 Å². The molecule has 0 atom stereocenters. The predicted octanol–water partition coefficient (Wildman–Crippen LogP) is 4.51. The Morgan fingerprint density at radius 3 is 2.38 bits per heavy atom. The van der Waals surface area contributed by atoms with Gasteiger partial charge in [0.1, 0.15) is 11.5 Å². The quantitative estimate of drug-likeness (QED) is 0.766. The summed E-state index contributed by atoms with van der Waals surface area (Å²) in [5.74, 6) is 0.0928. The minimum Gasteiger partial charge on any atom is -0.496 e.